The fraction of sp³-hybridized carbons (Fsp3) is 0.875. The fourth-order valence-electron chi connectivity index (χ4n) is 1.56. The van der Waals surface area contributed by atoms with E-state index in [1.54, 1.807) is 0 Å². The van der Waals surface area contributed by atoms with Crippen LogP contribution < -0.4 is 0 Å². The summed E-state index contributed by atoms with van der Waals surface area (Å²) in [5, 5.41) is 8.76. The average molecular weight is 202 g/mol. The highest BCUT2D eigenvalue weighted by Crippen LogP contribution is 2.38. The van der Waals surface area contributed by atoms with Crippen molar-refractivity contribution in [1.29, 1.82) is 5.26 Å². The highest BCUT2D eigenvalue weighted by Gasteiger charge is 2.33. The first kappa shape index (κ1) is 8.07. The van der Waals surface area contributed by atoms with E-state index in [4.69, 9.17) is 5.26 Å². The molecule has 0 aliphatic heterocycles. The second-order valence-corrected chi connectivity index (χ2v) is 4.82. The van der Waals surface area contributed by atoms with E-state index in [2.05, 4.69) is 22.0 Å². The third kappa shape index (κ3) is 1.52. The predicted molar refractivity (Wildman–Crippen MR) is 44.9 cm³/mol. The molecule has 1 nitrogen and oxygen atoms in total. The molecule has 0 aromatic heterocycles. The number of rotatable bonds is 1. The summed E-state index contributed by atoms with van der Waals surface area (Å²) in [7, 11) is 0. The summed E-state index contributed by atoms with van der Waals surface area (Å²) >= 11 is 3.45. The summed E-state index contributed by atoms with van der Waals surface area (Å²) in [5.74, 6) is 0.581. The number of halogens is 1. The fourth-order valence-corrected chi connectivity index (χ4v) is 2.02. The molecule has 2 heteroatoms. The van der Waals surface area contributed by atoms with Gasteiger partial charge in [-0.3, -0.25) is 0 Å². The smallest absolute Gasteiger partial charge is 0.112 e. The largest absolute Gasteiger partial charge is 0.197 e. The van der Waals surface area contributed by atoms with Gasteiger partial charge in [-0.1, -0.05) is 28.8 Å². The normalized spacial score (nSPS) is 25.7. The molecule has 0 amide bonds. The van der Waals surface area contributed by atoms with Crippen molar-refractivity contribution in [2.24, 2.45) is 5.92 Å². The molecule has 1 saturated carbocycles. The molecule has 0 bridgehead atoms. The van der Waals surface area contributed by atoms with E-state index >= 15 is 0 Å². The van der Waals surface area contributed by atoms with Gasteiger partial charge in [-0.2, -0.15) is 5.26 Å². The maximum absolute atomic E-state index is 8.76. The van der Waals surface area contributed by atoms with Crippen LogP contribution in [0.2, 0.25) is 0 Å². The summed E-state index contributed by atoms with van der Waals surface area (Å²) in [5.41, 5.74) is 0. The van der Waals surface area contributed by atoms with Crippen LogP contribution in [-0.4, -0.2) is 4.32 Å². The van der Waals surface area contributed by atoms with Crippen molar-refractivity contribution in [3.63, 3.8) is 0 Å². The lowest BCUT2D eigenvalue weighted by Gasteiger charge is -2.20. The first-order valence-corrected chi connectivity index (χ1v) is 4.56. The molecule has 1 fully saturated rings. The van der Waals surface area contributed by atoms with Gasteiger partial charge in [-0.25, -0.2) is 0 Å². The van der Waals surface area contributed by atoms with Crippen molar-refractivity contribution in [3.8, 4) is 6.07 Å². The monoisotopic (exact) mass is 201 g/mol. The Bertz CT molecular complexity index is 151. The number of hydrogen-bond donors (Lipinski definition) is 0. The molecule has 0 N–H and O–H groups in total. The van der Waals surface area contributed by atoms with Crippen LogP contribution in [0, 0.1) is 17.2 Å². The average Bonchev–Trinajstić information content (AvgIpc) is 2.38. The van der Waals surface area contributed by atoms with Gasteiger partial charge in [-0.05, 0) is 25.7 Å². The van der Waals surface area contributed by atoms with Gasteiger partial charge >= 0.3 is 0 Å². The zero-order chi connectivity index (χ0) is 7.61. The highest BCUT2D eigenvalue weighted by atomic mass is 79.9. The van der Waals surface area contributed by atoms with Crippen molar-refractivity contribution in [2.75, 3.05) is 0 Å². The topological polar surface area (TPSA) is 23.8 Å². The lowest BCUT2D eigenvalue weighted by molar-refractivity contribution is 0.486. The summed E-state index contributed by atoms with van der Waals surface area (Å²) in [6.45, 7) is 1.98. The second-order valence-electron chi connectivity index (χ2n) is 3.17. The van der Waals surface area contributed by atoms with E-state index in [1.807, 2.05) is 6.92 Å². The van der Waals surface area contributed by atoms with Crippen molar-refractivity contribution < 1.29 is 0 Å². The molecule has 1 unspecified atom stereocenters. The van der Waals surface area contributed by atoms with E-state index in [0.29, 0.717) is 5.92 Å². The van der Waals surface area contributed by atoms with Crippen molar-refractivity contribution >= 4 is 15.9 Å². The van der Waals surface area contributed by atoms with Crippen molar-refractivity contribution in [2.45, 2.75) is 36.9 Å². The van der Waals surface area contributed by atoms with Gasteiger partial charge in [-0.15, -0.1) is 0 Å². The molecule has 0 radical (unpaired) electrons. The third-order valence-electron chi connectivity index (χ3n) is 2.34. The van der Waals surface area contributed by atoms with E-state index in [-0.39, 0.29) is 4.32 Å². The van der Waals surface area contributed by atoms with Crippen LogP contribution >= 0.6 is 15.9 Å². The first-order valence-electron chi connectivity index (χ1n) is 3.77. The van der Waals surface area contributed by atoms with Gasteiger partial charge in [0.15, 0.2) is 0 Å². The Labute approximate surface area is 70.5 Å². The molecule has 0 aromatic rings. The summed E-state index contributed by atoms with van der Waals surface area (Å²) in [6.07, 6.45) is 5.03. The Morgan fingerprint density at radius 2 is 2.00 bits per heavy atom. The molecule has 1 rings (SSSR count). The minimum atomic E-state index is -0.260. The summed E-state index contributed by atoms with van der Waals surface area (Å²) in [4.78, 5) is 0. The van der Waals surface area contributed by atoms with Gasteiger partial charge < -0.3 is 0 Å². The molecule has 10 heavy (non-hydrogen) atoms. The minimum absolute atomic E-state index is 0.260. The molecule has 0 saturated heterocycles. The van der Waals surface area contributed by atoms with Crippen molar-refractivity contribution in [1.82, 2.24) is 0 Å². The number of alkyl halides is 1. The predicted octanol–water partition coefficient (Wildman–Crippen LogP) is 2.85. The lowest BCUT2D eigenvalue weighted by Crippen LogP contribution is -2.22. The van der Waals surface area contributed by atoms with Crippen LogP contribution in [0.1, 0.15) is 32.6 Å². The van der Waals surface area contributed by atoms with Gasteiger partial charge in [0.1, 0.15) is 4.32 Å². The summed E-state index contributed by atoms with van der Waals surface area (Å²) < 4.78 is -0.260. The lowest BCUT2D eigenvalue weighted by atomic mass is 9.94. The minimum Gasteiger partial charge on any atom is -0.197 e. The van der Waals surface area contributed by atoms with Crippen LogP contribution in [0.25, 0.3) is 0 Å². The molecule has 1 atom stereocenters. The number of hydrogen-bond acceptors (Lipinski definition) is 1. The number of nitrogens with zero attached hydrogens (tertiary/aromatic N) is 1. The second kappa shape index (κ2) is 2.92. The van der Waals surface area contributed by atoms with Crippen LogP contribution in [-0.2, 0) is 0 Å². The van der Waals surface area contributed by atoms with E-state index < -0.39 is 0 Å². The molecule has 0 spiro atoms. The standard InChI is InChI=1S/C8H12BrN/c1-8(9,6-10)7-4-2-3-5-7/h7H,2-5H2,1H3. The molecule has 1 aliphatic rings. The maximum Gasteiger partial charge on any atom is 0.112 e. The Kier molecular flexibility index (Phi) is 2.36. The van der Waals surface area contributed by atoms with E-state index in [1.165, 1.54) is 25.7 Å². The maximum atomic E-state index is 8.76. The van der Waals surface area contributed by atoms with Gasteiger partial charge in [0.25, 0.3) is 0 Å². The highest BCUT2D eigenvalue weighted by molar-refractivity contribution is 9.10. The molecular weight excluding hydrogens is 190 g/mol. The Hall–Kier alpha value is -0.0300. The Morgan fingerprint density at radius 3 is 2.40 bits per heavy atom. The van der Waals surface area contributed by atoms with Gasteiger partial charge in [0.2, 0.25) is 0 Å². The Morgan fingerprint density at radius 1 is 1.50 bits per heavy atom. The van der Waals surface area contributed by atoms with Crippen LogP contribution in [0.4, 0.5) is 0 Å². The zero-order valence-corrected chi connectivity index (χ0v) is 7.82. The SMILES string of the molecule is CC(Br)(C#N)C1CCCC1. The van der Waals surface area contributed by atoms with E-state index in [0.717, 1.165) is 0 Å². The Balaban J connectivity index is 2.56. The van der Waals surface area contributed by atoms with Crippen LogP contribution in [0.3, 0.4) is 0 Å². The molecule has 1 aliphatic carbocycles. The van der Waals surface area contributed by atoms with Gasteiger partial charge in [0, 0.05) is 0 Å². The molecule has 56 valence electrons. The quantitative estimate of drug-likeness (QED) is 0.599. The molecule has 0 heterocycles. The third-order valence-corrected chi connectivity index (χ3v) is 3.17. The van der Waals surface area contributed by atoms with Crippen molar-refractivity contribution in [3.05, 3.63) is 0 Å². The summed E-state index contributed by atoms with van der Waals surface area (Å²) in [6, 6.07) is 2.30. The zero-order valence-electron chi connectivity index (χ0n) is 6.23. The van der Waals surface area contributed by atoms with Crippen LogP contribution in [0.5, 0.6) is 0 Å². The molecular formula is C8H12BrN. The van der Waals surface area contributed by atoms with Gasteiger partial charge in [0.05, 0.1) is 6.07 Å². The molecule has 0 aromatic carbocycles. The number of nitriles is 1. The van der Waals surface area contributed by atoms with E-state index in [9.17, 15) is 0 Å². The first-order chi connectivity index (χ1) is 4.67. The van der Waals surface area contributed by atoms with Crippen LogP contribution in [0.15, 0.2) is 0 Å².